The van der Waals surface area contributed by atoms with E-state index < -0.39 is 0 Å². The van der Waals surface area contributed by atoms with Crippen molar-refractivity contribution in [3.8, 4) is 22.9 Å². The van der Waals surface area contributed by atoms with Gasteiger partial charge in [-0.05, 0) is 60.6 Å². The molecule has 33 heavy (non-hydrogen) atoms. The molecule has 0 aliphatic rings. The average molecular weight is 441 g/mol. The van der Waals surface area contributed by atoms with Gasteiger partial charge in [-0.2, -0.15) is 0 Å². The first-order chi connectivity index (χ1) is 16.2. The molecule has 4 aromatic rings. The van der Waals surface area contributed by atoms with Crippen molar-refractivity contribution in [3.05, 3.63) is 95.6 Å². The lowest BCUT2D eigenvalue weighted by atomic mass is 10.1. The van der Waals surface area contributed by atoms with E-state index in [0.717, 1.165) is 36.3 Å². The molecule has 0 atom stereocenters. The van der Waals surface area contributed by atoms with Crippen LogP contribution in [0.1, 0.15) is 35.3 Å². The van der Waals surface area contributed by atoms with E-state index in [-0.39, 0.29) is 5.91 Å². The Bertz CT molecular complexity index is 1160. The van der Waals surface area contributed by atoms with Gasteiger partial charge in [-0.3, -0.25) is 9.69 Å². The normalized spacial score (nSPS) is 11.0. The number of aromatic nitrogens is 2. The van der Waals surface area contributed by atoms with E-state index in [1.807, 2.05) is 42.5 Å². The average Bonchev–Trinajstić information content (AvgIpc) is 3.37. The molecule has 0 radical (unpaired) electrons. The van der Waals surface area contributed by atoms with Gasteiger partial charge in [-0.1, -0.05) is 56.3 Å². The van der Waals surface area contributed by atoms with Crippen LogP contribution in [0.25, 0.3) is 22.9 Å². The Balaban J connectivity index is 1.34. The highest BCUT2D eigenvalue weighted by molar-refractivity contribution is 5.94. The molecule has 0 aliphatic heterocycles. The molecule has 1 aromatic heterocycles. The number of rotatable bonds is 9. The lowest BCUT2D eigenvalue weighted by molar-refractivity contribution is 0.0951. The van der Waals surface area contributed by atoms with Crippen LogP contribution >= 0.6 is 0 Å². The molecule has 0 bridgehead atoms. The Morgan fingerprint density at radius 3 is 1.97 bits per heavy atom. The van der Waals surface area contributed by atoms with Crippen molar-refractivity contribution in [1.82, 2.24) is 20.4 Å². The maximum absolute atomic E-state index is 12.6. The van der Waals surface area contributed by atoms with Gasteiger partial charge >= 0.3 is 0 Å². The summed E-state index contributed by atoms with van der Waals surface area (Å²) in [6, 6.07) is 25.2. The fourth-order valence-corrected chi connectivity index (χ4v) is 3.55. The first-order valence-corrected chi connectivity index (χ1v) is 11.2. The zero-order valence-electron chi connectivity index (χ0n) is 19.0. The topological polar surface area (TPSA) is 71.3 Å². The van der Waals surface area contributed by atoms with E-state index in [1.165, 1.54) is 5.56 Å². The minimum atomic E-state index is -0.121. The Morgan fingerprint density at radius 1 is 0.788 bits per heavy atom. The van der Waals surface area contributed by atoms with Gasteiger partial charge in [-0.25, -0.2) is 0 Å². The second-order valence-corrected chi connectivity index (χ2v) is 7.82. The molecular formula is C27H28N4O2. The van der Waals surface area contributed by atoms with Gasteiger partial charge in [0.15, 0.2) is 0 Å². The standard InChI is InChI=1S/C27H28N4O2/c1-3-31(4-2)19-21-12-10-20(11-13-21)18-28-25(32)22-14-16-24(17-15-22)27-30-29-26(33-27)23-8-6-5-7-9-23/h5-17H,3-4,18-19H2,1-2H3,(H,28,32). The minimum Gasteiger partial charge on any atom is -0.416 e. The highest BCUT2D eigenvalue weighted by Gasteiger charge is 2.12. The first kappa shape index (κ1) is 22.4. The number of carbonyl (C=O) groups is 1. The molecule has 0 fully saturated rings. The predicted molar refractivity (Wildman–Crippen MR) is 129 cm³/mol. The summed E-state index contributed by atoms with van der Waals surface area (Å²) in [5.41, 5.74) is 4.57. The van der Waals surface area contributed by atoms with Crippen molar-refractivity contribution >= 4 is 5.91 Å². The first-order valence-electron chi connectivity index (χ1n) is 11.2. The molecule has 0 unspecified atom stereocenters. The van der Waals surface area contributed by atoms with E-state index >= 15 is 0 Å². The van der Waals surface area contributed by atoms with E-state index in [0.29, 0.717) is 23.9 Å². The molecule has 0 saturated heterocycles. The number of benzene rings is 3. The van der Waals surface area contributed by atoms with Gasteiger partial charge in [0.25, 0.3) is 5.91 Å². The molecule has 168 valence electrons. The third-order valence-corrected chi connectivity index (χ3v) is 5.62. The summed E-state index contributed by atoms with van der Waals surface area (Å²) in [6.45, 7) is 7.84. The lowest BCUT2D eigenvalue weighted by Crippen LogP contribution is -2.23. The maximum Gasteiger partial charge on any atom is 0.251 e. The summed E-state index contributed by atoms with van der Waals surface area (Å²) in [5, 5.41) is 11.2. The van der Waals surface area contributed by atoms with Crippen LogP contribution in [0.15, 0.2) is 83.3 Å². The van der Waals surface area contributed by atoms with E-state index in [9.17, 15) is 4.79 Å². The number of hydrogen-bond acceptors (Lipinski definition) is 5. The van der Waals surface area contributed by atoms with Gasteiger partial charge < -0.3 is 9.73 Å². The third kappa shape index (κ3) is 5.73. The number of hydrogen-bond donors (Lipinski definition) is 1. The summed E-state index contributed by atoms with van der Waals surface area (Å²) in [7, 11) is 0. The molecule has 1 N–H and O–H groups in total. The molecule has 0 aliphatic carbocycles. The summed E-state index contributed by atoms with van der Waals surface area (Å²) >= 11 is 0. The molecule has 0 spiro atoms. The Labute approximate surface area is 194 Å². The molecule has 3 aromatic carbocycles. The summed E-state index contributed by atoms with van der Waals surface area (Å²) < 4.78 is 5.78. The van der Waals surface area contributed by atoms with Gasteiger partial charge in [0.2, 0.25) is 11.8 Å². The van der Waals surface area contributed by atoms with E-state index in [4.69, 9.17) is 4.42 Å². The summed E-state index contributed by atoms with van der Waals surface area (Å²) in [4.78, 5) is 14.9. The van der Waals surface area contributed by atoms with Crippen LogP contribution in [0, 0.1) is 0 Å². The molecule has 1 amide bonds. The number of nitrogens with zero attached hydrogens (tertiary/aromatic N) is 3. The van der Waals surface area contributed by atoms with Crippen molar-refractivity contribution < 1.29 is 9.21 Å². The molecule has 0 saturated carbocycles. The second-order valence-electron chi connectivity index (χ2n) is 7.82. The largest absolute Gasteiger partial charge is 0.416 e. The Morgan fingerprint density at radius 2 is 1.36 bits per heavy atom. The van der Waals surface area contributed by atoms with Crippen molar-refractivity contribution in [3.63, 3.8) is 0 Å². The smallest absolute Gasteiger partial charge is 0.251 e. The van der Waals surface area contributed by atoms with Crippen LogP contribution in [0.5, 0.6) is 0 Å². The van der Waals surface area contributed by atoms with Crippen LogP contribution in [0.4, 0.5) is 0 Å². The van der Waals surface area contributed by atoms with E-state index in [1.54, 1.807) is 12.1 Å². The van der Waals surface area contributed by atoms with Crippen molar-refractivity contribution in [2.75, 3.05) is 13.1 Å². The van der Waals surface area contributed by atoms with Crippen LogP contribution in [0.3, 0.4) is 0 Å². The number of carbonyl (C=O) groups excluding carboxylic acids is 1. The SMILES string of the molecule is CCN(CC)Cc1ccc(CNC(=O)c2ccc(-c3nnc(-c4ccccc4)o3)cc2)cc1. The molecule has 6 nitrogen and oxygen atoms in total. The monoisotopic (exact) mass is 440 g/mol. The van der Waals surface area contributed by atoms with Gasteiger partial charge in [0.05, 0.1) is 0 Å². The number of amides is 1. The lowest BCUT2D eigenvalue weighted by Gasteiger charge is -2.18. The van der Waals surface area contributed by atoms with Crippen LogP contribution in [-0.4, -0.2) is 34.1 Å². The van der Waals surface area contributed by atoms with Crippen LogP contribution in [-0.2, 0) is 13.1 Å². The Kier molecular flexibility index (Phi) is 7.27. The molecule has 4 rings (SSSR count). The zero-order chi connectivity index (χ0) is 23.0. The molecular weight excluding hydrogens is 412 g/mol. The van der Waals surface area contributed by atoms with E-state index in [2.05, 4.69) is 58.5 Å². The molecule has 1 heterocycles. The van der Waals surface area contributed by atoms with Crippen LogP contribution < -0.4 is 5.32 Å². The van der Waals surface area contributed by atoms with Gasteiger partial charge in [-0.15, -0.1) is 10.2 Å². The van der Waals surface area contributed by atoms with Crippen molar-refractivity contribution in [2.24, 2.45) is 0 Å². The Hall–Kier alpha value is -3.77. The molecule has 6 heteroatoms. The van der Waals surface area contributed by atoms with Crippen molar-refractivity contribution in [2.45, 2.75) is 26.9 Å². The fraction of sp³-hybridized carbons (Fsp3) is 0.222. The third-order valence-electron chi connectivity index (χ3n) is 5.62. The fourth-order valence-electron chi connectivity index (χ4n) is 3.55. The second kappa shape index (κ2) is 10.7. The predicted octanol–water partition coefficient (Wildman–Crippen LogP) is 5.18. The summed E-state index contributed by atoms with van der Waals surface area (Å²) in [6.07, 6.45) is 0. The van der Waals surface area contributed by atoms with Crippen LogP contribution in [0.2, 0.25) is 0 Å². The highest BCUT2D eigenvalue weighted by atomic mass is 16.4. The maximum atomic E-state index is 12.6. The zero-order valence-corrected chi connectivity index (χ0v) is 19.0. The minimum absolute atomic E-state index is 0.121. The van der Waals surface area contributed by atoms with Crippen molar-refractivity contribution in [1.29, 1.82) is 0 Å². The highest BCUT2D eigenvalue weighted by Crippen LogP contribution is 2.24. The quantitative estimate of drug-likeness (QED) is 0.389. The van der Waals surface area contributed by atoms with Gasteiger partial charge in [0, 0.05) is 29.8 Å². The summed E-state index contributed by atoms with van der Waals surface area (Å²) in [5.74, 6) is 0.769. The van der Waals surface area contributed by atoms with Gasteiger partial charge in [0.1, 0.15) is 0 Å². The number of nitrogens with one attached hydrogen (secondary N) is 1.